The molecule has 7 nitrogen and oxygen atoms in total. The van der Waals surface area contributed by atoms with E-state index in [4.69, 9.17) is 35.3 Å². The van der Waals surface area contributed by atoms with Crippen molar-refractivity contribution in [3.8, 4) is 11.5 Å². The summed E-state index contributed by atoms with van der Waals surface area (Å²) in [6.07, 6.45) is 1.29. The monoisotopic (exact) mass is 541 g/mol. The van der Waals surface area contributed by atoms with Crippen molar-refractivity contribution in [2.24, 2.45) is 5.73 Å². The minimum absolute atomic E-state index is 0.151. The summed E-state index contributed by atoms with van der Waals surface area (Å²) in [5, 5.41) is 18.6. The number of alkyl halides is 1. The summed E-state index contributed by atoms with van der Waals surface area (Å²) in [4.78, 5) is 0. The zero-order valence-corrected chi connectivity index (χ0v) is 24.1. The molecular formula is C27H44ClNO6Si. The fraction of sp³-hybridized carbons (Fsp3) is 0.556. The SMILES string of the molecule is CC(C)(c1ccc(O)cc1)c1ccc(O)cc1.CCO[Si](CCCN)(OCC)OCC.ClCC1CO1. The number of halogens is 1. The Morgan fingerprint density at radius 3 is 1.53 bits per heavy atom. The van der Waals surface area contributed by atoms with Gasteiger partial charge in [-0.3, -0.25) is 0 Å². The first-order chi connectivity index (χ1) is 17.2. The van der Waals surface area contributed by atoms with Crippen LogP contribution in [0.25, 0.3) is 0 Å². The van der Waals surface area contributed by atoms with Crippen molar-refractivity contribution in [2.45, 2.75) is 58.6 Å². The van der Waals surface area contributed by atoms with Crippen LogP contribution in [-0.4, -0.2) is 64.0 Å². The Morgan fingerprint density at radius 1 is 0.889 bits per heavy atom. The Balaban J connectivity index is 0.000000306. The summed E-state index contributed by atoms with van der Waals surface area (Å²) in [5.41, 5.74) is 7.58. The maximum Gasteiger partial charge on any atom is 0.500 e. The molecule has 1 aliphatic heterocycles. The fourth-order valence-electron chi connectivity index (χ4n) is 3.40. The topological polar surface area (TPSA) is 107 Å². The average molecular weight is 542 g/mol. The first-order valence-corrected chi connectivity index (χ1v) is 15.0. The van der Waals surface area contributed by atoms with E-state index in [9.17, 15) is 10.2 Å². The van der Waals surface area contributed by atoms with E-state index in [2.05, 4.69) is 13.8 Å². The lowest BCUT2D eigenvalue weighted by Crippen LogP contribution is -2.46. The largest absolute Gasteiger partial charge is 0.508 e. The fourth-order valence-corrected chi connectivity index (χ4v) is 6.22. The highest BCUT2D eigenvalue weighted by Gasteiger charge is 2.39. The lowest BCUT2D eigenvalue weighted by atomic mass is 9.78. The van der Waals surface area contributed by atoms with Crippen LogP contribution in [0.5, 0.6) is 11.5 Å². The van der Waals surface area contributed by atoms with Crippen molar-refractivity contribution in [3.63, 3.8) is 0 Å². The van der Waals surface area contributed by atoms with Crippen LogP contribution in [0.2, 0.25) is 6.04 Å². The molecule has 0 amide bonds. The maximum atomic E-state index is 9.30. The van der Waals surface area contributed by atoms with Gasteiger partial charge in [-0.2, -0.15) is 0 Å². The Hall–Kier alpha value is -1.65. The highest BCUT2D eigenvalue weighted by molar-refractivity contribution is 6.60. The van der Waals surface area contributed by atoms with Gasteiger partial charge in [0.15, 0.2) is 0 Å². The molecule has 1 heterocycles. The van der Waals surface area contributed by atoms with Crippen molar-refractivity contribution < 1.29 is 28.2 Å². The van der Waals surface area contributed by atoms with Gasteiger partial charge in [0.05, 0.1) is 18.6 Å². The van der Waals surface area contributed by atoms with Crippen molar-refractivity contribution in [1.29, 1.82) is 0 Å². The summed E-state index contributed by atoms with van der Waals surface area (Å²) in [7, 11) is -2.40. The van der Waals surface area contributed by atoms with Crippen LogP contribution in [0, 0.1) is 0 Å². The molecule has 0 aliphatic carbocycles. The third-order valence-electron chi connectivity index (χ3n) is 5.53. The van der Waals surface area contributed by atoms with Gasteiger partial charge in [-0.25, -0.2) is 0 Å². The van der Waals surface area contributed by atoms with Gasteiger partial charge in [0.25, 0.3) is 0 Å². The lowest BCUT2D eigenvalue weighted by molar-refractivity contribution is 0.0710. The Labute approximate surface area is 222 Å². The molecule has 0 radical (unpaired) electrons. The van der Waals surface area contributed by atoms with E-state index in [1.807, 2.05) is 45.0 Å². The molecule has 1 fully saturated rings. The quantitative estimate of drug-likeness (QED) is 0.187. The standard InChI is InChI=1S/C15H16O2.C9H23NO3Si.C3H5ClO/c1-15(2,11-3-7-13(16)8-4-11)12-5-9-14(17)10-6-12;1-4-11-14(12-5-2,13-6-3)9-7-8-10;4-1-3-2-5-3/h3-10,16-17H,1-2H3;4-10H2,1-3H3;3H,1-2H2. The molecule has 2 aromatic carbocycles. The Bertz CT molecular complexity index is 767. The second-order valence-corrected chi connectivity index (χ2v) is 11.7. The maximum absolute atomic E-state index is 9.30. The van der Waals surface area contributed by atoms with Gasteiger partial charge in [-0.1, -0.05) is 38.1 Å². The van der Waals surface area contributed by atoms with Gasteiger partial charge >= 0.3 is 8.80 Å². The third kappa shape index (κ3) is 11.6. The third-order valence-corrected chi connectivity index (χ3v) is 9.03. The molecule has 1 unspecified atom stereocenters. The summed E-state index contributed by atoms with van der Waals surface area (Å²) >= 11 is 5.27. The summed E-state index contributed by atoms with van der Waals surface area (Å²) in [5.74, 6) is 1.21. The lowest BCUT2D eigenvalue weighted by Gasteiger charge is -2.28. The van der Waals surface area contributed by atoms with Gasteiger partial charge in [-0.05, 0) is 69.1 Å². The molecule has 1 atom stereocenters. The molecule has 3 rings (SSSR count). The van der Waals surface area contributed by atoms with E-state index >= 15 is 0 Å². The number of rotatable bonds is 12. The molecule has 0 spiro atoms. The van der Waals surface area contributed by atoms with Crippen LogP contribution in [0.4, 0.5) is 0 Å². The number of aromatic hydroxyl groups is 2. The average Bonchev–Trinajstić information content (AvgIpc) is 3.70. The van der Waals surface area contributed by atoms with E-state index < -0.39 is 8.80 Å². The predicted molar refractivity (Wildman–Crippen MR) is 148 cm³/mol. The smallest absolute Gasteiger partial charge is 0.500 e. The summed E-state index contributed by atoms with van der Waals surface area (Å²) in [6, 6.07) is 15.3. The van der Waals surface area contributed by atoms with Gasteiger partial charge in [0, 0.05) is 31.3 Å². The number of benzene rings is 2. The Morgan fingerprint density at radius 2 is 1.28 bits per heavy atom. The number of nitrogens with two attached hydrogens (primary N) is 1. The van der Waals surface area contributed by atoms with Gasteiger partial charge in [-0.15, -0.1) is 11.6 Å². The van der Waals surface area contributed by atoms with E-state index in [1.54, 1.807) is 24.3 Å². The molecule has 204 valence electrons. The highest BCUT2D eigenvalue weighted by atomic mass is 35.5. The molecule has 9 heteroatoms. The number of epoxide rings is 1. The molecule has 2 aromatic rings. The summed E-state index contributed by atoms with van der Waals surface area (Å²) < 4.78 is 21.7. The normalized spacial score (nSPS) is 14.8. The number of ether oxygens (including phenoxy) is 1. The van der Waals surface area contributed by atoms with Crippen LogP contribution < -0.4 is 5.73 Å². The molecule has 0 saturated carbocycles. The van der Waals surface area contributed by atoms with Gasteiger partial charge in [0.1, 0.15) is 11.5 Å². The highest BCUT2D eigenvalue weighted by Crippen LogP contribution is 2.32. The van der Waals surface area contributed by atoms with Crippen LogP contribution in [0.15, 0.2) is 48.5 Å². The van der Waals surface area contributed by atoms with Crippen molar-refractivity contribution in [2.75, 3.05) is 38.9 Å². The second kappa shape index (κ2) is 17.0. The number of phenolic OH excluding ortho intramolecular Hbond substituents is 2. The summed E-state index contributed by atoms with van der Waals surface area (Å²) in [6.45, 7) is 13.6. The second-order valence-electron chi connectivity index (χ2n) is 8.70. The van der Waals surface area contributed by atoms with Crippen LogP contribution in [0.3, 0.4) is 0 Å². The molecule has 1 aliphatic rings. The van der Waals surface area contributed by atoms with E-state index in [-0.39, 0.29) is 16.9 Å². The van der Waals surface area contributed by atoms with Crippen LogP contribution in [0.1, 0.15) is 52.2 Å². The first kappa shape index (κ1) is 32.4. The van der Waals surface area contributed by atoms with E-state index in [0.717, 1.165) is 30.2 Å². The number of hydrogen-bond donors (Lipinski definition) is 3. The van der Waals surface area contributed by atoms with Crippen molar-refractivity contribution in [1.82, 2.24) is 0 Å². The van der Waals surface area contributed by atoms with Crippen LogP contribution >= 0.6 is 11.6 Å². The minimum atomic E-state index is -2.40. The van der Waals surface area contributed by atoms with Crippen molar-refractivity contribution >= 4 is 20.4 Å². The van der Waals surface area contributed by atoms with Gasteiger partial charge in [0.2, 0.25) is 0 Å². The zero-order chi connectivity index (χ0) is 27.0. The zero-order valence-electron chi connectivity index (χ0n) is 22.3. The predicted octanol–water partition coefficient (Wildman–Crippen LogP) is 5.43. The molecule has 1 saturated heterocycles. The molecule has 4 N–H and O–H groups in total. The molecule has 0 aromatic heterocycles. The van der Waals surface area contributed by atoms with E-state index in [0.29, 0.717) is 38.3 Å². The minimum Gasteiger partial charge on any atom is -0.508 e. The molecule has 36 heavy (non-hydrogen) atoms. The van der Waals surface area contributed by atoms with E-state index in [1.165, 1.54) is 0 Å². The number of hydrogen-bond acceptors (Lipinski definition) is 7. The van der Waals surface area contributed by atoms with Gasteiger partial charge < -0.3 is 34.0 Å². The molecular weight excluding hydrogens is 498 g/mol. The van der Waals surface area contributed by atoms with Crippen LogP contribution in [-0.2, 0) is 23.4 Å². The Kier molecular flexibility index (Phi) is 15.3. The number of phenols is 2. The van der Waals surface area contributed by atoms with Crippen molar-refractivity contribution in [3.05, 3.63) is 59.7 Å². The molecule has 0 bridgehead atoms. The first-order valence-electron chi connectivity index (χ1n) is 12.6.